The van der Waals surface area contributed by atoms with Gasteiger partial charge < -0.3 is 10.4 Å². The van der Waals surface area contributed by atoms with Gasteiger partial charge in [0.05, 0.1) is 0 Å². The van der Waals surface area contributed by atoms with Gasteiger partial charge in [0.1, 0.15) is 0 Å². The number of rotatable bonds is 7. The SMILES string of the molecule is CCSCC(C)NCCCO. The van der Waals surface area contributed by atoms with Crippen LogP contribution in [0.15, 0.2) is 0 Å². The second kappa shape index (κ2) is 8.37. The Balaban J connectivity index is 3.02. The van der Waals surface area contributed by atoms with E-state index in [1.54, 1.807) is 0 Å². The zero-order valence-corrected chi connectivity index (χ0v) is 8.28. The third kappa shape index (κ3) is 8.17. The maximum Gasteiger partial charge on any atom is 0.0443 e. The molecule has 11 heavy (non-hydrogen) atoms. The first-order chi connectivity index (χ1) is 5.31. The second-order valence-corrected chi connectivity index (χ2v) is 3.91. The molecule has 0 spiro atoms. The molecule has 0 radical (unpaired) electrons. The number of aliphatic hydroxyl groups excluding tert-OH is 1. The van der Waals surface area contributed by atoms with Crippen molar-refractivity contribution in [3.63, 3.8) is 0 Å². The van der Waals surface area contributed by atoms with Crippen LogP contribution in [-0.2, 0) is 0 Å². The van der Waals surface area contributed by atoms with Gasteiger partial charge in [0.2, 0.25) is 0 Å². The summed E-state index contributed by atoms with van der Waals surface area (Å²) in [6, 6.07) is 0.575. The Bertz CT molecular complexity index is 80.5. The molecule has 3 heteroatoms. The summed E-state index contributed by atoms with van der Waals surface area (Å²) in [7, 11) is 0. The van der Waals surface area contributed by atoms with Crippen LogP contribution < -0.4 is 5.32 Å². The molecule has 68 valence electrons. The Morgan fingerprint density at radius 1 is 1.55 bits per heavy atom. The lowest BCUT2D eigenvalue weighted by atomic mass is 10.3. The highest BCUT2D eigenvalue weighted by Gasteiger charge is 1.98. The van der Waals surface area contributed by atoms with Crippen LogP contribution in [0.5, 0.6) is 0 Å². The van der Waals surface area contributed by atoms with Crippen molar-refractivity contribution >= 4 is 11.8 Å². The topological polar surface area (TPSA) is 32.3 Å². The van der Waals surface area contributed by atoms with E-state index in [9.17, 15) is 0 Å². The van der Waals surface area contributed by atoms with E-state index in [1.807, 2.05) is 11.8 Å². The lowest BCUT2D eigenvalue weighted by molar-refractivity contribution is 0.284. The van der Waals surface area contributed by atoms with Crippen molar-refractivity contribution in [2.45, 2.75) is 26.3 Å². The van der Waals surface area contributed by atoms with Crippen molar-refractivity contribution in [3.05, 3.63) is 0 Å². The predicted octanol–water partition coefficient (Wildman–Crippen LogP) is 1.10. The number of aliphatic hydroxyl groups is 1. The maximum absolute atomic E-state index is 8.51. The van der Waals surface area contributed by atoms with Gasteiger partial charge in [-0.2, -0.15) is 11.8 Å². The van der Waals surface area contributed by atoms with Crippen molar-refractivity contribution < 1.29 is 5.11 Å². The third-order valence-corrected chi connectivity index (χ3v) is 2.54. The van der Waals surface area contributed by atoms with Gasteiger partial charge in [0.25, 0.3) is 0 Å². The van der Waals surface area contributed by atoms with Gasteiger partial charge in [-0.25, -0.2) is 0 Å². The summed E-state index contributed by atoms with van der Waals surface area (Å²) in [4.78, 5) is 0. The van der Waals surface area contributed by atoms with Gasteiger partial charge in [0.15, 0.2) is 0 Å². The first kappa shape index (κ1) is 11.3. The average Bonchev–Trinajstić information content (AvgIpc) is 2.01. The normalized spacial score (nSPS) is 13.4. The summed E-state index contributed by atoms with van der Waals surface area (Å²) >= 11 is 1.95. The molecule has 0 aliphatic carbocycles. The Morgan fingerprint density at radius 2 is 2.27 bits per heavy atom. The van der Waals surface area contributed by atoms with Gasteiger partial charge in [-0.15, -0.1) is 0 Å². The molecule has 0 rings (SSSR count). The van der Waals surface area contributed by atoms with Crippen LogP contribution in [0, 0.1) is 0 Å². The molecular weight excluding hydrogens is 158 g/mol. The van der Waals surface area contributed by atoms with Crippen molar-refractivity contribution in [1.29, 1.82) is 0 Å². The smallest absolute Gasteiger partial charge is 0.0443 e. The molecule has 2 nitrogen and oxygen atoms in total. The van der Waals surface area contributed by atoms with E-state index in [-0.39, 0.29) is 0 Å². The molecule has 0 aliphatic heterocycles. The lowest BCUT2D eigenvalue weighted by Crippen LogP contribution is -2.29. The van der Waals surface area contributed by atoms with E-state index in [0.717, 1.165) is 13.0 Å². The molecule has 0 amide bonds. The summed E-state index contributed by atoms with van der Waals surface area (Å²) in [5.41, 5.74) is 0. The fourth-order valence-electron chi connectivity index (χ4n) is 0.781. The molecule has 0 aromatic carbocycles. The number of nitrogens with one attached hydrogen (secondary N) is 1. The van der Waals surface area contributed by atoms with E-state index in [2.05, 4.69) is 19.2 Å². The van der Waals surface area contributed by atoms with Crippen LogP contribution in [0.2, 0.25) is 0 Å². The van der Waals surface area contributed by atoms with Gasteiger partial charge in [-0.3, -0.25) is 0 Å². The summed E-state index contributed by atoms with van der Waals surface area (Å²) < 4.78 is 0. The Morgan fingerprint density at radius 3 is 2.82 bits per heavy atom. The fraction of sp³-hybridized carbons (Fsp3) is 1.00. The number of thioether (sulfide) groups is 1. The quantitative estimate of drug-likeness (QED) is 0.571. The van der Waals surface area contributed by atoms with Crippen molar-refractivity contribution in [2.24, 2.45) is 0 Å². The maximum atomic E-state index is 8.51. The molecule has 2 N–H and O–H groups in total. The molecular formula is C8H19NOS. The number of hydrogen-bond acceptors (Lipinski definition) is 3. The van der Waals surface area contributed by atoms with E-state index < -0.39 is 0 Å². The Hall–Kier alpha value is 0.270. The molecule has 1 atom stereocenters. The van der Waals surface area contributed by atoms with Crippen LogP contribution in [0.3, 0.4) is 0 Å². The minimum atomic E-state index is 0.292. The molecule has 0 aromatic rings. The fourth-order valence-corrected chi connectivity index (χ4v) is 1.49. The molecule has 0 fully saturated rings. The Labute approximate surface area is 73.8 Å². The van der Waals surface area contributed by atoms with E-state index in [4.69, 9.17) is 5.11 Å². The van der Waals surface area contributed by atoms with Crippen LogP contribution >= 0.6 is 11.8 Å². The highest BCUT2D eigenvalue weighted by atomic mass is 32.2. The lowest BCUT2D eigenvalue weighted by Gasteiger charge is -2.11. The van der Waals surface area contributed by atoms with Crippen molar-refractivity contribution in [1.82, 2.24) is 5.32 Å². The standard InChI is InChI=1S/C8H19NOS/c1-3-11-7-8(2)9-5-4-6-10/h8-10H,3-7H2,1-2H3. The van der Waals surface area contributed by atoms with Gasteiger partial charge >= 0.3 is 0 Å². The van der Waals surface area contributed by atoms with Crippen molar-refractivity contribution in [3.8, 4) is 0 Å². The largest absolute Gasteiger partial charge is 0.396 e. The van der Waals surface area contributed by atoms with Crippen LogP contribution in [0.4, 0.5) is 0 Å². The minimum Gasteiger partial charge on any atom is -0.396 e. The van der Waals surface area contributed by atoms with E-state index >= 15 is 0 Å². The molecule has 0 saturated carbocycles. The minimum absolute atomic E-state index is 0.292. The zero-order valence-electron chi connectivity index (χ0n) is 7.47. The average molecular weight is 177 g/mol. The number of hydrogen-bond donors (Lipinski definition) is 2. The first-order valence-corrected chi connectivity index (χ1v) is 5.38. The van der Waals surface area contributed by atoms with E-state index in [0.29, 0.717) is 12.6 Å². The highest BCUT2D eigenvalue weighted by Crippen LogP contribution is 2.00. The van der Waals surface area contributed by atoms with Gasteiger partial charge in [0, 0.05) is 18.4 Å². The van der Waals surface area contributed by atoms with E-state index in [1.165, 1.54) is 11.5 Å². The summed E-state index contributed by atoms with van der Waals surface area (Å²) in [5, 5.41) is 11.8. The van der Waals surface area contributed by atoms with Crippen LogP contribution in [0.25, 0.3) is 0 Å². The van der Waals surface area contributed by atoms with Crippen LogP contribution in [-0.4, -0.2) is 35.8 Å². The monoisotopic (exact) mass is 177 g/mol. The van der Waals surface area contributed by atoms with Crippen LogP contribution in [0.1, 0.15) is 20.3 Å². The molecule has 0 saturated heterocycles. The molecule has 1 unspecified atom stereocenters. The predicted molar refractivity (Wildman–Crippen MR) is 52.2 cm³/mol. The summed E-state index contributed by atoms with van der Waals surface area (Å²) in [6.45, 7) is 5.58. The third-order valence-electron chi connectivity index (χ3n) is 1.40. The van der Waals surface area contributed by atoms with Gasteiger partial charge in [-0.05, 0) is 25.6 Å². The summed E-state index contributed by atoms with van der Waals surface area (Å²) in [5.74, 6) is 2.36. The first-order valence-electron chi connectivity index (χ1n) is 4.23. The molecule has 0 heterocycles. The zero-order chi connectivity index (χ0) is 8.53. The summed E-state index contributed by atoms with van der Waals surface area (Å²) in [6.07, 6.45) is 0.862. The molecule has 0 aromatic heterocycles. The molecule has 0 bridgehead atoms. The Kier molecular flexibility index (Phi) is 8.57. The second-order valence-electron chi connectivity index (χ2n) is 2.59. The van der Waals surface area contributed by atoms with Crippen molar-refractivity contribution in [2.75, 3.05) is 24.7 Å². The van der Waals surface area contributed by atoms with Gasteiger partial charge in [-0.1, -0.05) is 6.92 Å². The molecule has 0 aliphatic rings. The highest BCUT2D eigenvalue weighted by molar-refractivity contribution is 7.99.